The number of benzene rings is 1. The van der Waals surface area contributed by atoms with E-state index in [2.05, 4.69) is 0 Å². The van der Waals surface area contributed by atoms with Gasteiger partial charge in [0.1, 0.15) is 25.8 Å². The SMILES string of the molecule is C[C@@H](O)C[NH2+]C[C@@H](O)COc1ccccc1F. The van der Waals surface area contributed by atoms with Crippen LogP contribution in [0.15, 0.2) is 24.3 Å². The summed E-state index contributed by atoms with van der Waals surface area (Å²) >= 11 is 0. The molecule has 0 heterocycles. The van der Waals surface area contributed by atoms with Crippen molar-refractivity contribution in [1.29, 1.82) is 0 Å². The molecule has 0 amide bonds. The van der Waals surface area contributed by atoms with E-state index in [0.29, 0.717) is 13.1 Å². The van der Waals surface area contributed by atoms with E-state index in [4.69, 9.17) is 9.84 Å². The highest BCUT2D eigenvalue weighted by Crippen LogP contribution is 2.15. The van der Waals surface area contributed by atoms with E-state index in [1.165, 1.54) is 12.1 Å². The van der Waals surface area contributed by atoms with Gasteiger partial charge >= 0.3 is 0 Å². The van der Waals surface area contributed by atoms with Crippen LogP contribution in [0.3, 0.4) is 0 Å². The van der Waals surface area contributed by atoms with Crippen LogP contribution in [-0.4, -0.2) is 42.1 Å². The largest absolute Gasteiger partial charge is 0.488 e. The molecule has 96 valence electrons. The minimum atomic E-state index is -0.687. The summed E-state index contributed by atoms with van der Waals surface area (Å²) in [5, 5.41) is 20.4. The van der Waals surface area contributed by atoms with Gasteiger partial charge in [-0.1, -0.05) is 12.1 Å². The fourth-order valence-electron chi connectivity index (χ4n) is 1.35. The average molecular weight is 244 g/mol. The summed E-state index contributed by atoms with van der Waals surface area (Å²) < 4.78 is 18.3. The zero-order valence-corrected chi connectivity index (χ0v) is 9.84. The van der Waals surface area contributed by atoms with Crippen LogP contribution in [0.25, 0.3) is 0 Å². The van der Waals surface area contributed by atoms with Crippen molar-refractivity contribution in [3.63, 3.8) is 0 Å². The number of aliphatic hydroxyl groups excluding tert-OH is 2. The Hall–Kier alpha value is -1.17. The highest BCUT2D eigenvalue weighted by Gasteiger charge is 2.10. The van der Waals surface area contributed by atoms with Gasteiger partial charge in [-0.2, -0.15) is 0 Å². The third-order valence-electron chi connectivity index (χ3n) is 2.21. The zero-order valence-electron chi connectivity index (χ0n) is 9.84. The van der Waals surface area contributed by atoms with Crippen LogP contribution in [0.5, 0.6) is 5.75 Å². The lowest BCUT2D eigenvalue weighted by Crippen LogP contribution is -2.88. The van der Waals surface area contributed by atoms with E-state index in [9.17, 15) is 9.50 Å². The van der Waals surface area contributed by atoms with Crippen molar-refractivity contribution in [2.24, 2.45) is 0 Å². The summed E-state index contributed by atoms with van der Waals surface area (Å²) in [6.07, 6.45) is -1.09. The van der Waals surface area contributed by atoms with E-state index in [1.54, 1.807) is 24.4 Å². The topological polar surface area (TPSA) is 66.3 Å². The molecule has 1 aromatic carbocycles. The van der Waals surface area contributed by atoms with Crippen molar-refractivity contribution in [2.75, 3.05) is 19.7 Å². The van der Waals surface area contributed by atoms with Gasteiger partial charge in [-0.25, -0.2) is 4.39 Å². The van der Waals surface area contributed by atoms with Gasteiger partial charge in [0, 0.05) is 0 Å². The first-order valence-electron chi connectivity index (χ1n) is 5.64. The predicted octanol–water partition coefficient (Wildman–Crippen LogP) is -0.490. The first kappa shape index (κ1) is 13.9. The van der Waals surface area contributed by atoms with Gasteiger partial charge < -0.3 is 20.3 Å². The van der Waals surface area contributed by atoms with Gasteiger partial charge in [0.15, 0.2) is 11.6 Å². The molecule has 4 N–H and O–H groups in total. The number of rotatable bonds is 7. The fourth-order valence-corrected chi connectivity index (χ4v) is 1.35. The lowest BCUT2D eigenvalue weighted by atomic mass is 10.3. The quantitative estimate of drug-likeness (QED) is 0.606. The van der Waals surface area contributed by atoms with E-state index < -0.39 is 18.0 Å². The molecule has 0 radical (unpaired) electrons. The summed E-state index contributed by atoms with van der Waals surface area (Å²) in [6, 6.07) is 6.07. The molecule has 0 spiro atoms. The van der Waals surface area contributed by atoms with E-state index >= 15 is 0 Å². The molecule has 0 aromatic heterocycles. The maximum Gasteiger partial charge on any atom is 0.165 e. The molecule has 5 heteroatoms. The second-order valence-electron chi connectivity index (χ2n) is 4.00. The minimum Gasteiger partial charge on any atom is -0.488 e. The maximum atomic E-state index is 13.2. The Balaban J connectivity index is 2.24. The van der Waals surface area contributed by atoms with Gasteiger partial charge in [-0.3, -0.25) is 0 Å². The molecular formula is C12H19FNO3+. The van der Waals surface area contributed by atoms with Crippen molar-refractivity contribution in [1.82, 2.24) is 0 Å². The molecule has 0 saturated carbocycles. The molecule has 1 aromatic rings. The number of nitrogens with two attached hydrogens (primary N) is 1. The molecule has 0 aliphatic carbocycles. The molecule has 17 heavy (non-hydrogen) atoms. The van der Waals surface area contributed by atoms with Crippen LogP contribution in [-0.2, 0) is 0 Å². The van der Waals surface area contributed by atoms with Crippen LogP contribution >= 0.6 is 0 Å². The number of halogens is 1. The number of aliphatic hydroxyl groups is 2. The Morgan fingerprint density at radius 3 is 2.65 bits per heavy atom. The molecule has 2 atom stereocenters. The van der Waals surface area contributed by atoms with E-state index in [0.717, 1.165) is 0 Å². The Bertz CT molecular complexity index is 333. The number of hydrogen-bond donors (Lipinski definition) is 3. The van der Waals surface area contributed by atoms with Gasteiger partial charge in [-0.15, -0.1) is 0 Å². The fraction of sp³-hybridized carbons (Fsp3) is 0.500. The molecule has 4 nitrogen and oxygen atoms in total. The van der Waals surface area contributed by atoms with Gasteiger partial charge in [0.25, 0.3) is 0 Å². The van der Waals surface area contributed by atoms with Crippen LogP contribution < -0.4 is 10.1 Å². The number of ether oxygens (including phenoxy) is 1. The normalized spacial score (nSPS) is 14.4. The Morgan fingerprint density at radius 2 is 2.00 bits per heavy atom. The van der Waals surface area contributed by atoms with Crippen LogP contribution in [0.2, 0.25) is 0 Å². The van der Waals surface area contributed by atoms with Crippen LogP contribution in [0, 0.1) is 5.82 Å². The Kier molecular flexibility index (Phi) is 5.90. The third-order valence-corrected chi connectivity index (χ3v) is 2.21. The van der Waals surface area contributed by atoms with Crippen molar-refractivity contribution in [2.45, 2.75) is 19.1 Å². The summed E-state index contributed by atoms with van der Waals surface area (Å²) in [7, 11) is 0. The summed E-state index contributed by atoms with van der Waals surface area (Å²) in [5.74, 6) is -0.297. The molecule has 0 bridgehead atoms. The lowest BCUT2D eigenvalue weighted by Gasteiger charge is -2.12. The van der Waals surface area contributed by atoms with E-state index in [-0.39, 0.29) is 12.4 Å². The molecule has 0 unspecified atom stereocenters. The van der Waals surface area contributed by atoms with Crippen LogP contribution in [0.1, 0.15) is 6.92 Å². The van der Waals surface area contributed by atoms with Crippen molar-refractivity contribution in [3.8, 4) is 5.75 Å². The Morgan fingerprint density at radius 1 is 1.29 bits per heavy atom. The molecule has 0 saturated heterocycles. The predicted molar refractivity (Wildman–Crippen MR) is 61.2 cm³/mol. The average Bonchev–Trinajstić information content (AvgIpc) is 2.27. The number of quaternary nitrogens is 1. The highest BCUT2D eigenvalue weighted by atomic mass is 19.1. The van der Waals surface area contributed by atoms with Gasteiger partial charge in [0.05, 0.1) is 6.10 Å². The standard InChI is InChI=1S/C12H18FNO3/c1-9(15)6-14-7-10(16)8-17-12-5-3-2-4-11(12)13/h2-5,9-10,14-16H,6-8H2,1H3/p+1/t9-,10-/m1/s1. The third kappa shape index (κ3) is 5.63. The molecule has 1 rings (SSSR count). The summed E-state index contributed by atoms with van der Waals surface area (Å²) in [4.78, 5) is 0. The molecule has 0 aliphatic rings. The molecule has 0 fully saturated rings. The second kappa shape index (κ2) is 7.21. The lowest BCUT2D eigenvalue weighted by molar-refractivity contribution is -0.666. The number of para-hydroxylation sites is 1. The summed E-state index contributed by atoms with van der Waals surface area (Å²) in [6.45, 7) is 2.66. The minimum absolute atomic E-state index is 0.0389. The van der Waals surface area contributed by atoms with Crippen LogP contribution in [0.4, 0.5) is 4.39 Å². The highest BCUT2D eigenvalue weighted by molar-refractivity contribution is 5.23. The first-order valence-corrected chi connectivity index (χ1v) is 5.64. The monoisotopic (exact) mass is 244 g/mol. The first-order chi connectivity index (χ1) is 8.09. The Labute approximate surface area is 100 Å². The smallest absolute Gasteiger partial charge is 0.165 e. The van der Waals surface area contributed by atoms with Gasteiger partial charge in [0.2, 0.25) is 0 Å². The molecule has 0 aliphatic heterocycles. The second-order valence-corrected chi connectivity index (χ2v) is 4.00. The zero-order chi connectivity index (χ0) is 12.7. The maximum absolute atomic E-state index is 13.2. The van der Waals surface area contributed by atoms with Crippen molar-refractivity contribution in [3.05, 3.63) is 30.1 Å². The van der Waals surface area contributed by atoms with Crippen molar-refractivity contribution >= 4 is 0 Å². The summed E-state index contributed by atoms with van der Waals surface area (Å²) in [5.41, 5.74) is 0. The van der Waals surface area contributed by atoms with E-state index in [1.807, 2.05) is 0 Å². The van der Waals surface area contributed by atoms with Gasteiger partial charge in [-0.05, 0) is 19.1 Å². The number of hydrogen-bond acceptors (Lipinski definition) is 3. The van der Waals surface area contributed by atoms with Crippen molar-refractivity contribution < 1.29 is 24.7 Å². The molecular weight excluding hydrogens is 225 g/mol.